The van der Waals surface area contributed by atoms with Gasteiger partial charge >= 0.3 is 0 Å². The maximum absolute atomic E-state index is 12.4. The van der Waals surface area contributed by atoms with Crippen LogP contribution in [0.1, 0.15) is 16.2 Å². The first-order chi connectivity index (χ1) is 16.7. The normalized spacial score (nSPS) is 11.1. The standard InChI is InChI=1S/C23H19N7O2S2/c31-20(26-23-25-16-8-4-5-9-17(16)34-23)14-33-21-11-10-18-27-28-19(30(18)29-21)12-13-24-22(32)15-6-2-1-3-7-15/h1-11H,12-14H2,(H,24,32)(H,25,26,31). The van der Waals surface area contributed by atoms with Crippen LogP contribution in [0.25, 0.3) is 15.9 Å². The second-order valence-corrected chi connectivity index (χ2v) is 9.28. The number of thiazole rings is 1. The van der Waals surface area contributed by atoms with Crippen LogP contribution in [0.3, 0.4) is 0 Å². The van der Waals surface area contributed by atoms with Crippen LogP contribution in [0.4, 0.5) is 5.13 Å². The smallest absolute Gasteiger partial charge is 0.251 e. The zero-order valence-corrected chi connectivity index (χ0v) is 19.5. The molecule has 5 aromatic rings. The van der Waals surface area contributed by atoms with Gasteiger partial charge in [0.1, 0.15) is 5.03 Å². The van der Waals surface area contributed by atoms with Gasteiger partial charge in [-0.05, 0) is 36.4 Å². The number of carbonyl (C=O) groups is 2. The van der Waals surface area contributed by atoms with Gasteiger partial charge in [0.2, 0.25) is 5.91 Å². The van der Waals surface area contributed by atoms with Gasteiger partial charge in [0.05, 0.1) is 16.0 Å². The highest BCUT2D eigenvalue weighted by molar-refractivity contribution is 7.99. The van der Waals surface area contributed by atoms with E-state index in [9.17, 15) is 9.59 Å². The first-order valence-electron chi connectivity index (χ1n) is 10.5. The number of fused-ring (bicyclic) bond motifs is 2. The number of thioether (sulfide) groups is 1. The molecular weight excluding hydrogens is 470 g/mol. The van der Waals surface area contributed by atoms with Crippen LogP contribution < -0.4 is 10.6 Å². The zero-order chi connectivity index (χ0) is 23.3. The Bertz CT molecular complexity index is 1430. The van der Waals surface area contributed by atoms with Crippen molar-refractivity contribution in [2.45, 2.75) is 11.4 Å². The van der Waals surface area contributed by atoms with Crippen molar-refractivity contribution in [1.29, 1.82) is 0 Å². The number of anilines is 1. The molecule has 0 saturated heterocycles. The second-order valence-electron chi connectivity index (χ2n) is 7.25. The Morgan fingerprint density at radius 3 is 2.65 bits per heavy atom. The minimum Gasteiger partial charge on any atom is -0.352 e. The van der Waals surface area contributed by atoms with E-state index in [2.05, 4.69) is 30.9 Å². The molecule has 0 aliphatic carbocycles. The third kappa shape index (κ3) is 5.05. The highest BCUT2D eigenvalue weighted by atomic mass is 32.2. The van der Waals surface area contributed by atoms with Crippen LogP contribution in [0.15, 0.2) is 71.8 Å². The molecule has 0 atom stereocenters. The van der Waals surface area contributed by atoms with Crippen molar-refractivity contribution >= 4 is 55.9 Å². The topological polar surface area (TPSA) is 114 Å². The lowest BCUT2D eigenvalue weighted by Crippen LogP contribution is -2.26. The van der Waals surface area contributed by atoms with Gasteiger partial charge in [-0.25, -0.2) is 4.98 Å². The molecule has 0 unspecified atom stereocenters. The van der Waals surface area contributed by atoms with E-state index in [4.69, 9.17) is 0 Å². The molecule has 0 bridgehead atoms. The summed E-state index contributed by atoms with van der Waals surface area (Å²) in [7, 11) is 0. The highest BCUT2D eigenvalue weighted by Crippen LogP contribution is 2.25. The molecular formula is C23H19N7O2S2. The lowest BCUT2D eigenvalue weighted by molar-refractivity contribution is -0.113. The number of amides is 2. The SMILES string of the molecule is O=C(CSc1ccc2nnc(CCNC(=O)c3ccccc3)n2n1)Nc1nc2ccccc2s1. The van der Waals surface area contributed by atoms with Gasteiger partial charge in [-0.15, -0.1) is 10.2 Å². The van der Waals surface area contributed by atoms with Gasteiger partial charge in [-0.2, -0.15) is 9.61 Å². The van der Waals surface area contributed by atoms with Gasteiger partial charge in [0.25, 0.3) is 5.91 Å². The van der Waals surface area contributed by atoms with Gasteiger partial charge in [0, 0.05) is 18.5 Å². The van der Waals surface area contributed by atoms with Crippen LogP contribution in [0.5, 0.6) is 0 Å². The largest absolute Gasteiger partial charge is 0.352 e. The Labute approximate surface area is 202 Å². The number of hydrogen-bond donors (Lipinski definition) is 2. The number of nitrogens with one attached hydrogen (secondary N) is 2. The third-order valence-corrected chi connectivity index (χ3v) is 6.74. The molecule has 9 nitrogen and oxygen atoms in total. The molecule has 2 amide bonds. The van der Waals surface area contributed by atoms with E-state index in [-0.39, 0.29) is 17.6 Å². The summed E-state index contributed by atoms with van der Waals surface area (Å²) in [5.41, 5.74) is 2.07. The fourth-order valence-electron chi connectivity index (χ4n) is 3.25. The summed E-state index contributed by atoms with van der Waals surface area (Å²) < 4.78 is 2.67. The molecule has 2 N–H and O–H groups in total. The monoisotopic (exact) mass is 489 g/mol. The van der Waals surface area contributed by atoms with Crippen LogP contribution in [-0.2, 0) is 11.2 Å². The van der Waals surface area contributed by atoms with Crippen molar-refractivity contribution in [2.75, 3.05) is 17.6 Å². The maximum Gasteiger partial charge on any atom is 0.251 e. The van der Waals surface area contributed by atoms with E-state index < -0.39 is 0 Å². The summed E-state index contributed by atoms with van der Waals surface area (Å²) in [5.74, 6) is 0.528. The average Bonchev–Trinajstić information content (AvgIpc) is 3.46. The lowest BCUT2D eigenvalue weighted by Gasteiger charge is -2.05. The summed E-state index contributed by atoms with van der Waals surface area (Å²) in [4.78, 5) is 29.0. The Balaban J connectivity index is 1.17. The molecule has 0 saturated carbocycles. The Morgan fingerprint density at radius 1 is 0.971 bits per heavy atom. The van der Waals surface area contributed by atoms with Crippen molar-refractivity contribution in [2.24, 2.45) is 0 Å². The molecule has 0 radical (unpaired) electrons. The van der Waals surface area contributed by atoms with E-state index >= 15 is 0 Å². The first kappa shape index (κ1) is 22.0. The molecule has 0 aliphatic heterocycles. The Hall–Kier alpha value is -3.83. The molecule has 2 aromatic carbocycles. The molecule has 0 spiro atoms. The molecule has 3 heterocycles. The summed E-state index contributed by atoms with van der Waals surface area (Å²) in [6.45, 7) is 0.401. The minimum atomic E-state index is -0.154. The van der Waals surface area contributed by atoms with E-state index in [0.717, 1.165) is 10.2 Å². The van der Waals surface area contributed by atoms with Crippen molar-refractivity contribution < 1.29 is 9.59 Å². The van der Waals surface area contributed by atoms with Gasteiger partial charge < -0.3 is 10.6 Å². The maximum atomic E-state index is 12.4. The Morgan fingerprint density at radius 2 is 1.79 bits per heavy atom. The van der Waals surface area contributed by atoms with E-state index in [1.165, 1.54) is 23.1 Å². The highest BCUT2D eigenvalue weighted by Gasteiger charge is 2.12. The molecule has 170 valence electrons. The minimum absolute atomic E-state index is 0.141. The summed E-state index contributed by atoms with van der Waals surface area (Å²) >= 11 is 2.76. The number of hydrogen-bond acceptors (Lipinski definition) is 8. The number of para-hydroxylation sites is 1. The van der Waals surface area contributed by atoms with Crippen LogP contribution in [0.2, 0.25) is 0 Å². The van der Waals surface area contributed by atoms with Gasteiger partial charge in [-0.1, -0.05) is 53.4 Å². The van der Waals surface area contributed by atoms with E-state index in [1.54, 1.807) is 28.8 Å². The van der Waals surface area contributed by atoms with Crippen molar-refractivity contribution in [3.8, 4) is 0 Å². The summed E-state index contributed by atoms with van der Waals surface area (Å²) in [6.07, 6.45) is 0.471. The molecule has 11 heteroatoms. The quantitative estimate of drug-likeness (QED) is 0.321. The fraction of sp³-hybridized carbons (Fsp3) is 0.130. The lowest BCUT2D eigenvalue weighted by atomic mass is 10.2. The fourth-order valence-corrected chi connectivity index (χ4v) is 4.79. The number of benzene rings is 2. The third-order valence-electron chi connectivity index (χ3n) is 4.86. The van der Waals surface area contributed by atoms with E-state index in [0.29, 0.717) is 40.2 Å². The number of rotatable bonds is 8. The summed E-state index contributed by atoms with van der Waals surface area (Å²) in [5, 5.41) is 19.8. The van der Waals surface area contributed by atoms with Crippen LogP contribution >= 0.6 is 23.1 Å². The molecule has 0 fully saturated rings. The number of nitrogens with zero attached hydrogens (tertiary/aromatic N) is 5. The summed E-state index contributed by atoms with van der Waals surface area (Å²) in [6, 6.07) is 20.4. The average molecular weight is 490 g/mol. The zero-order valence-electron chi connectivity index (χ0n) is 17.8. The van der Waals surface area contributed by atoms with Crippen molar-refractivity contribution in [3.63, 3.8) is 0 Å². The molecule has 0 aliphatic rings. The predicted octanol–water partition coefficient (Wildman–Crippen LogP) is 3.44. The Kier molecular flexibility index (Phi) is 6.45. The predicted molar refractivity (Wildman–Crippen MR) is 132 cm³/mol. The van der Waals surface area contributed by atoms with Gasteiger partial charge in [0.15, 0.2) is 16.6 Å². The van der Waals surface area contributed by atoms with Crippen LogP contribution in [0, 0.1) is 0 Å². The number of carbonyl (C=O) groups excluding carboxylic acids is 2. The van der Waals surface area contributed by atoms with Gasteiger partial charge in [-0.3, -0.25) is 9.59 Å². The van der Waals surface area contributed by atoms with E-state index in [1.807, 2.05) is 42.5 Å². The first-order valence-corrected chi connectivity index (χ1v) is 12.3. The molecule has 5 rings (SSSR count). The molecule has 3 aromatic heterocycles. The van der Waals surface area contributed by atoms with Crippen molar-refractivity contribution in [3.05, 3.63) is 78.1 Å². The van der Waals surface area contributed by atoms with Crippen molar-refractivity contribution in [1.82, 2.24) is 30.1 Å². The second kappa shape index (κ2) is 9.98. The number of aromatic nitrogens is 5. The molecule has 34 heavy (non-hydrogen) atoms. The van der Waals surface area contributed by atoms with Crippen LogP contribution in [-0.4, -0.2) is 48.9 Å².